The fraction of sp³-hybridized carbons (Fsp3) is 0.542. The van der Waals surface area contributed by atoms with Gasteiger partial charge in [0.2, 0.25) is 0 Å². The molecule has 3 rings (SSSR count). The molecule has 9 amide bonds. The van der Waals surface area contributed by atoms with Crippen molar-refractivity contribution in [3.8, 4) is 0 Å². The molecule has 24 nitrogen and oxygen atoms in total. The number of benzene rings is 3. The van der Waals surface area contributed by atoms with Gasteiger partial charge in [-0.15, -0.1) is 0 Å². The van der Waals surface area contributed by atoms with E-state index in [-0.39, 0.29) is 131 Å². The predicted octanol–water partition coefficient (Wildman–Crippen LogP) is 9.88. The van der Waals surface area contributed by atoms with Gasteiger partial charge in [-0.3, -0.25) is 67.1 Å². The van der Waals surface area contributed by atoms with E-state index < -0.39 is 35.4 Å². The molecule has 0 heterocycles. The summed E-state index contributed by atoms with van der Waals surface area (Å²) in [7, 11) is 2.88. The Morgan fingerprint density at radius 2 is 0.423 bits per heavy atom. The first-order chi connectivity index (χ1) is 45.4. The second-order valence-corrected chi connectivity index (χ2v) is 22.5. The topological polar surface area (TPSA) is 376 Å². The summed E-state index contributed by atoms with van der Waals surface area (Å²) in [6, 6.07) is 12.6. The van der Waals surface area contributed by atoms with Gasteiger partial charge in [0.15, 0.2) is 0 Å². The minimum absolute atomic E-state index is 0. The summed E-state index contributed by atoms with van der Waals surface area (Å²) in [6.07, 6.45) is 14.2. The number of nitrogens with one attached hydrogen (secondary N) is 9. The van der Waals surface area contributed by atoms with Gasteiger partial charge in [-0.1, -0.05) is 68.2 Å². The van der Waals surface area contributed by atoms with Crippen molar-refractivity contribution in [3.05, 3.63) is 110 Å². The third-order valence-corrected chi connectivity index (χ3v) is 15.0. The van der Waals surface area contributed by atoms with Gasteiger partial charge in [-0.25, -0.2) is 0 Å². The Balaban J connectivity index is 0. The number of rotatable bonds is 45. The Morgan fingerprint density at radius 1 is 0.258 bits per heavy atom. The molecule has 0 aromatic heterocycles. The second-order valence-electron chi connectivity index (χ2n) is 22.5. The molecule has 0 aliphatic rings. The Bertz CT molecular complexity index is 2790. The number of hydrogen-bond acceptors (Lipinski definition) is 15. The smallest absolute Gasteiger partial charge is 0.251 e. The summed E-state index contributed by atoms with van der Waals surface area (Å²) in [5.41, 5.74) is 8.48. The molecule has 0 fully saturated rings. The van der Waals surface area contributed by atoms with Crippen LogP contribution in [0.4, 0.5) is 0 Å². The van der Waals surface area contributed by atoms with Gasteiger partial charge in [-0.05, 0) is 112 Å². The van der Waals surface area contributed by atoms with Crippen molar-refractivity contribution in [2.45, 2.75) is 203 Å². The monoisotopic (exact) mass is 1520 g/mol. The number of ketones is 6. The van der Waals surface area contributed by atoms with Gasteiger partial charge in [0.25, 0.3) is 47.3 Å². The average molecular weight is 1520 g/mol. The Kier molecular flexibility index (Phi) is 50.2. The molecule has 25 heteroatoms. The van der Waals surface area contributed by atoms with Gasteiger partial charge in [0, 0.05) is 202 Å². The molecule has 0 saturated carbocycles. The van der Waals surface area contributed by atoms with Crippen molar-refractivity contribution in [2.75, 3.05) is 53.4 Å². The first kappa shape index (κ1) is 90.7. The number of unbranched alkanes of at least 4 members (excludes halogenated alkanes) is 6. The van der Waals surface area contributed by atoms with Crippen LogP contribution in [-0.4, -0.2) is 141 Å². The quantitative estimate of drug-likeness (QED) is 0.0244. The summed E-state index contributed by atoms with van der Waals surface area (Å²) < 4.78 is 0. The number of Topliss-reactive ketones (excluding diaryl/α,β-unsaturated/α-hetero) is 6. The summed E-state index contributed by atoms with van der Waals surface area (Å²) in [5.74, 6) is -3.21. The van der Waals surface area contributed by atoms with Gasteiger partial charge in [0.05, 0.1) is 5.91 Å². The van der Waals surface area contributed by atoms with E-state index in [1.165, 1.54) is 68.7 Å². The number of carbonyl (C=O) groups excluding carboxylic acids is 15. The molecule has 3 aromatic carbocycles. The van der Waals surface area contributed by atoms with Crippen molar-refractivity contribution >= 4 is 87.9 Å². The Hall–Kier alpha value is -8.40. The van der Waals surface area contributed by atoms with Crippen molar-refractivity contribution in [1.82, 2.24) is 42.5 Å². The fourth-order valence-electron chi connectivity index (χ4n) is 8.96. The van der Waals surface area contributed by atoms with Crippen LogP contribution in [0, 0.1) is 0 Å². The van der Waals surface area contributed by atoms with E-state index in [2.05, 4.69) is 42.5 Å². The van der Waals surface area contributed by atoms with Crippen LogP contribution >= 0.6 is 0 Å². The van der Waals surface area contributed by atoms with Gasteiger partial charge >= 0.3 is 0 Å². The van der Waals surface area contributed by atoms with Crippen LogP contribution in [0.25, 0.3) is 5.73 Å². The van der Waals surface area contributed by atoms with E-state index in [1.807, 2.05) is 20.8 Å². The van der Waals surface area contributed by atoms with Crippen LogP contribution in [0.1, 0.15) is 296 Å². The third-order valence-electron chi connectivity index (χ3n) is 15.0. The largest absolute Gasteiger partial charge is 0.664 e. The normalized spacial score (nSPS) is 10.1. The van der Waals surface area contributed by atoms with E-state index in [1.54, 1.807) is 20.8 Å². The molecule has 0 bridgehead atoms. The molecule has 0 saturated heterocycles. The minimum Gasteiger partial charge on any atom is -0.664 e. The molecule has 0 unspecified atom stereocenters. The minimum atomic E-state index is -0.944. The summed E-state index contributed by atoms with van der Waals surface area (Å²) in [4.78, 5) is 179. The molecule has 9 N–H and O–H groups in total. The number of carbonyl (C=O) groups is 15. The van der Waals surface area contributed by atoms with Gasteiger partial charge in [-0.2, -0.15) is 0 Å². The van der Waals surface area contributed by atoms with E-state index in [4.69, 9.17) is 5.73 Å². The summed E-state index contributed by atoms with van der Waals surface area (Å²) >= 11 is 0. The van der Waals surface area contributed by atoms with Crippen molar-refractivity contribution < 1.29 is 93.0 Å². The zero-order valence-corrected chi connectivity index (χ0v) is 60.4. The maximum absolute atomic E-state index is 12.9. The van der Waals surface area contributed by atoms with Crippen molar-refractivity contribution in [3.63, 3.8) is 0 Å². The van der Waals surface area contributed by atoms with Crippen LogP contribution < -0.4 is 42.5 Å². The zero-order valence-electron chi connectivity index (χ0n) is 57.4. The average Bonchev–Trinajstić information content (AvgIpc) is 0.858. The molecule has 97 heavy (non-hydrogen) atoms. The van der Waals surface area contributed by atoms with E-state index >= 15 is 0 Å². The van der Waals surface area contributed by atoms with E-state index in [0.717, 1.165) is 57.8 Å². The van der Waals surface area contributed by atoms with Gasteiger partial charge in [0.1, 0.15) is 34.7 Å². The van der Waals surface area contributed by atoms with Crippen LogP contribution in [0.3, 0.4) is 0 Å². The molecule has 0 spiro atoms. The molecular formula is C72H106N9O15W-. The SMILES string of the molecule is C.CCC(=O)CCCCCNC(=O)c1cc(C(=O)NCCCCCC(=O)CC)cc(C(=O)NCCCCCC(=O)CC)c1.CCC(=O)CCCNC(=O)c1cc(C(=O)NCCCC(=O)CC)cc(C(=O)NCCCC(=O)CC)c1.CNC(=O)c1cc(C([NH-])=O)cc(C(=O)NC)c1.[W]. The molecule has 0 atom stereocenters. The first-order valence-electron chi connectivity index (χ1n) is 33.4. The molecule has 0 radical (unpaired) electrons. The fourth-order valence-corrected chi connectivity index (χ4v) is 8.96. The number of amides is 9. The van der Waals surface area contributed by atoms with Crippen LogP contribution in [0.5, 0.6) is 0 Å². The second kappa shape index (κ2) is 53.7. The van der Waals surface area contributed by atoms with E-state index in [0.29, 0.717) is 136 Å². The molecular weight excluding hydrogens is 1410 g/mol. The van der Waals surface area contributed by atoms with Gasteiger partial charge < -0.3 is 53.1 Å². The number of hydrogen-bond donors (Lipinski definition) is 8. The maximum Gasteiger partial charge on any atom is 0.251 e. The Morgan fingerprint density at radius 3 is 0.598 bits per heavy atom. The first-order valence-corrected chi connectivity index (χ1v) is 33.4. The Labute approximate surface area is 587 Å². The maximum atomic E-state index is 12.9. The summed E-state index contributed by atoms with van der Waals surface area (Å²) in [5, 5.41) is 21.5. The molecule has 3 aromatic rings. The summed E-state index contributed by atoms with van der Waals surface area (Å²) in [6.45, 7) is 13.1. The standard InChI is InChI=1S/C33H51N3O6.C27H39N3O6.C11H13N3O3.CH4.W/c1-4-28(37)16-10-7-13-19-34-31(40)25-22-26(32(41)35-20-14-8-11-17-29(38)5-2)24-27(23-25)33(42)36-21-15-9-12-18-30(39)6-3;1-4-22(31)10-7-13-28-25(34)19-16-20(26(35)29-14-8-11-23(32)5-2)18-21(17-19)27(36)30-15-9-12-24(33)6-3;1-13-10(16)7-3-6(9(12)15)4-8(5-7)11(17)14-2;;/h22-24H,4-21H2,1-3H3,(H,34,40)(H,35,41)(H,36,42);16-18H,4-15H2,1-3H3,(H,28,34)(H,29,35)(H,30,36);3-5H,1-2H3,(H4,12,13,14,15,16,17);1H4;/p-1. The van der Waals surface area contributed by atoms with Crippen LogP contribution in [-0.2, 0) is 49.8 Å². The van der Waals surface area contributed by atoms with Crippen molar-refractivity contribution in [1.29, 1.82) is 0 Å². The van der Waals surface area contributed by atoms with E-state index in [9.17, 15) is 71.9 Å². The zero-order chi connectivity index (χ0) is 71.1. The molecule has 0 aliphatic carbocycles. The molecule has 536 valence electrons. The predicted molar refractivity (Wildman–Crippen MR) is 370 cm³/mol. The van der Waals surface area contributed by atoms with Crippen LogP contribution in [0.2, 0.25) is 0 Å². The van der Waals surface area contributed by atoms with Crippen molar-refractivity contribution in [2.24, 2.45) is 0 Å². The van der Waals surface area contributed by atoms with Crippen LogP contribution in [0.15, 0.2) is 54.6 Å². The third kappa shape index (κ3) is 39.4. The molecule has 0 aliphatic heterocycles.